The Hall–Kier alpha value is -4.26. The van der Waals surface area contributed by atoms with Crippen molar-refractivity contribution < 1.29 is 19.1 Å². The summed E-state index contributed by atoms with van der Waals surface area (Å²) in [6.45, 7) is 11.4. The molecule has 4 N–H and O–H groups in total. The summed E-state index contributed by atoms with van der Waals surface area (Å²) in [6, 6.07) is 35.7. The molecule has 1 amide bonds. The molecule has 6 nitrogen and oxygen atoms in total. The number of nitrogens with two attached hydrogens (primary N) is 2. The van der Waals surface area contributed by atoms with Crippen LogP contribution in [0.4, 0.5) is 0 Å². The van der Waals surface area contributed by atoms with Crippen LogP contribution < -0.4 is 16.2 Å². The number of carbonyl (C=O) groups is 2. The van der Waals surface area contributed by atoms with E-state index >= 15 is 0 Å². The lowest BCUT2D eigenvalue weighted by atomic mass is 10.1. The van der Waals surface area contributed by atoms with Gasteiger partial charge in [0.05, 0.1) is 13.2 Å². The van der Waals surface area contributed by atoms with Gasteiger partial charge < -0.3 is 20.9 Å². The van der Waals surface area contributed by atoms with Gasteiger partial charge in [0.25, 0.3) is 0 Å². The van der Waals surface area contributed by atoms with Crippen LogP contribution >= 0.6 is 0 Å². The van der Waals surface area contributed by atoms with E-state index in [-0.39, 0.29) is 6.41 Å². The molecule has 6 heteroatoms. The van der Waals surface area contributed by atoms with Crippen LogP contribution in [0.15, 0.2) is 109 Å². The van der Waals surface area contributed by atoms with Gasteiger partial charge in [-0.25, -0.2) is 0 Å². The number of benzene rings is 4. The number of primary amides is 1. The third-order valence-corrected chi connectivity index (χ3v) is 4.76. The number of hydrogen-bond acceptors (Lipinski definition) is 5. The number of ether oxygens (including phenoxy) is 2. The maximum Gasteiger partial charge on any atom is 0.204 e. The normalized spacial score (nSPS) is 8.56. The second kappa shape index (κ2) is 28.7. The van der Waals surface area contributed by atoms with Gasteiger partial charge in [-0.15, -0.1) is 0 Å². The maximum atomic E-state index is 10.1. The van der Waals surface area contributed by atoms with Gasteiger partial charge in [-0.1, -0.05) is 118 Å². The second-order valence-corrected chi connectivity index (χ2v) is 7.51. The minimum atomic E-state index is 0.250. The minimum Gasteiger partial charge on any atom is -0.457 e. The highest BCUT2D eigenvalue weighted by molar-refractivity contribution is 5.74. The maximum absolute atomic E-state index is 10.1. The summed E-state index contributed by atoms with van der Waals surface area (Å²) < 4.78 is 11.5. The van der Waals surface area contributed by atoms with Gasteiger partial charge in [-0.3, -0.25) is 9.59 Å². The zero-order valence-corrected chi connectivity index (χ0v) is 25.5. The number of aldehydes is 1. The molecule has 0 radical (unpaired) electrons. The Morgan fingerprint density at radius 2 is 1.10 bits per heavy atom. The quantitative estimate of drug-likeness (QED) is 0.169. The molecule has 0 fully saturated rings. The molecule has 4 aromatic carbocycles. The Morgan fingerprint density at radius 1 is 0.634 bits per heavy atom. The standard InChI is InChI=1S/C21H20O2.C8H8O.2C2H6.CH3NO.CH5N/c1-3-7-19(8-4-1)17-22-16-15-18-11-13-21(14-12-18)23-20-9-5-2-6-10-20;1-7-2-4-8(6-9)5-3-7;2*1-2;2-1-3;1-2/h1-14H,15-17H2;2-6H,1H3;2*1-2H3;1H,(H2,2,3);2H2,1H3. The van der Waals surface area contributed by atoms with Crippen LogP contribution in [0.5, 0.6) is 11.5 Å². The fraction of sp³-hybridized carbons (Fsp3) is 0.257. The van der Waals surface area contributed by atoms with E-state index in [1.807, 2.05) is 120 Å². The van der Waals surface area contributed by atoms with Crippen molar-refractivity contribution in [1.29, 1.82) is 0 Å². The fourth-order valence-electron chi connectivity index (χ4n) is 2.95. The van der Waals surface area contributed by atoms with Crippen LogP contribution in [0.2, 0.25) is 0 Å². The van der Waals surface area contributed by atoms with Crippen molar-refractivity contribution in [1.82, 2.24) is 0 Å². The lowest BCUT2D eigenvalue weighted by molar-refractivity contribution is -0.106. The van der Waals surface area contributed by atoms with Gasteiger partial charge in [0.1, 0.15) is 17.8 Å². The van der Waals surface area contributed by atoms with Crippen molar-refractivity contribution in [3.8, 4) is 11.5 Å². The van der Waals surface area contributed by atoms with Gasteiger partial charge in [-0.2, -0.15) is 0 Å². The molecule has 0 saturated heterocycles. The summed E-state index contributed by atoms with van der Waals surface area (Å²) in [7, 11) is 1.50. The molecule has 0 aliphatic carbocycles. The number of para-hydroxylation sites is 1. The number of carbonyl (C=O) groups excluding carboxylic acids is 2. The Balaban J connectivity index is 0. The van der Waals surface area contributed by atoms with E-state index < -0.39 is 0 Å². The molecule has 0 aromatic heterocycles. The number of amides is 1. The van der Waals surface area contributed by atoms with Crippen LogP contribution in [0.3, 0.4) is 0 Å². The summed E-state index contributed by atoms with van der Waals surface area (Å²) in [4.78, 5) is 18.7. The predicted octanol–water partition coefficient (Wildman–Crippen LogP) is 7.77. The largest absolute Gasteiger partial charge is 0.457 e. The average Bonchev–Trinajstić information content (AvgIpc) is 3.05. The third kappa shape index (κ3) is 20.3. The summed E-state index contributed by atoms with van der Waals surface area (Å²) >= 11 is 0. The van der Waals surface area contributed by atoms with Gasteiger partial charge in [0, 0.05) is 5.56 Å². The van der Waals surface area contributed by atoms with E-state index in [9.17, 15) is 4.79 Å². The van der Waals surface area contributed by atoms with Gasteiger partial charge in [0.15, 0.2) is 0 Å². The summed E-state index contributed by atoms with van der Waals surface area (Å²) in [6.07, 6.45) is 2.00. The molecule has 0 aliphatic heterocycles. The van der Waals surface area contributed by atoms with Crippen LogP contribution in [0, 0.1) is 6.92 Å². The average molecular weight is 561 g/mol. The molecule has 0 unspecified atom stereocenters. The highest BCUT2D eigenvalue weighted by Crippen LogP contribution is 2.21. The van der Waals surface area contributed by atoms with Crippen molar-refractivity contribution in [3.05, 3.63) is 131 Å². The predicted molar refractivity (Wildman–Crippen MR) is 172 cm³/mol. The first kappa shape index (κ1) is 38.9. The van der Waals surface area contributed by atoms with Gasteiger partial charge in [-0.05, 0) is 55.8 Å². The van der Waals surface area contributed by atoms with E-state index in [4.69, 9.17) is 14.3 Å². The first-order valence-electron chi connectivity index (χ1n) is 13.8. The molecule has 4 aromatic rings. The van der Waals surface area contributed by atoms with E-state index in [0.29, 0.717) is 13.2 Å². The van der Waals surface area contributed by atoms with Crippen LogP contribution in [0.25, 0.3) is 0 Å². The fourth-order valence-corrected chi connectivity index (χ4v) is 2.95. The number of rotatable bonds is 8. The Bertz CT molecular complexity index is 1100. The minimum absolute atomic E-state index is 0.250. The highest BCUT2D eigenvalue weighted by atomic mass is 16.5. The van der Waals surface area contributed by atoms with E-state index in [1.54, 1.807) is 0 Å². The first-order chi connectivity index (χ1) is 20.1. The zero-order chi connectivity index (χ0) is 31.1. The van der Waals surface area contributed by atoms with Crippen molar-refractivity contribution in [2.45, 2.75) is 47.6 Å². The van der Waals surface area contributed by atoms with Crippen molar-refractivity contribution in [3.63, 3.8) is 0 Å². The lowest BCUT2D eigenvalue weighted by Crippen LogP contribution is -1.99. The third-order valence-electron chi connectivity index (χ3n) is 4.76. The Morgan fingerprint density at radius 3 is 1.59 bits per heavy atom. The van der Waals surface area contributed by atoms with Crippen LogP contribution in [-0.4, -0.2) is 26.4 Å². The van der Waals surface area contributed by atoms with E-state index in [1.165, 1.54) is 23.7 Å². The number of hydrogen-bond donors (Lipinski definition) is 2. The van der Waals surface area contributed by atoms with E-state index in [2.05, 4.69) is 35.7 Å². The summed E-state index contributed by atoms with van der Waals surface area (Å²) in [5, 5.41) is 0. The zero-order valence-electron chi connectivity index (χ0n) is 25.5. The summed E-state index contributed by atoms with van der Waals surface area (Å²) in [5.74, 6) is 1.71. The molecule has 0 aliphatic rings. The molecule has 41 heavy (non-hydrogen) atoms. The molecular formula is C35H48N2O4. The molecule has 0 spiro atoms. The molecule has 0 bridgehead atoms. The van der Waals surface area contributed by atoms with Crippen LogP contribution in [-0.2, 0) is 22.6 Å². The second-order valence-electron chi connectivity index (χ2n) is 7.51. The van der Waals surface area contributed by atoms with E-state index in [0.717, 1.165) is 29.8 Å². The molecule has 4 rings (SSSR count). The molecular weight excluding hydrogens is 512 g/mol. The van der Waals surface area contributed by atoms with Crippen LogP contribution in [0.1, 0.15) is 54.7 Å². The highest BCUT2D eigenvalue weighted by Gasteiger charge is 1.99. The SMILES string of the molecule is CC.CC.CN.Cc1ccc(C=O)cc1.NC=O.c1ccc(COCCc2ccc(Oc3ccccc3)cc2)cc1. The molecule has 0 atom stereocenters. The van der Waals surface area contributed by atoms with Crippen molar-refractivity contribution in [2.75, 3.05) is 13.7 Å². The molecule has 0 heterocycles. The summed E-state index contributed by atoms with van der Waals surface area (Å²) in [5.41, 5.74) is 13.0. The Kier molecular flexibility index (Phi) is 27.3. The monoisotopic (exact) mass is 560 g/mol. The molecule has 222 valence electrons. The van der Waals surface area contributed by atoms with Crippen molar-refractivity contribution >= 4 is 12.7 Å². The number of aryl methyl sites for hydroxylation is 1. The first-order valence-corrected chi connectivity index (χ1v) is 13.8. The topological polar surface area (TPSA) is 105 Å². The molecule has 0 saturated carbocycles. The van der Waals surface area contributed by atoms with Gasteiger partial charge in [0.2, 0.25) is 6.41 Å². The lowest BCUT2D eigenvalue weighted by Gasteiger charge is -2.07. The Labute approximate surface area is 247 Å². The smallest absolute Gasteiger partial charge is 0.204 e. The van der Waals surface area contributed by atoms with Crippen molar-refractivity contribution in [2.24, 2.45) is 11.5 Å². The van der Waals surface area contributed by atoms with Gasteiger partial charge >= 0.3 is 0 Å².